The van der Waals surface area contributed by atoms with E-state index in [1.54, 1.807) is 11.3 Å². The summed E-state index contributed by atoms with van der Waals surface area (Å²) in [6.07, 6.45) is 2.08. The normalized spacial score (nSPS) is 11.1. The highest BCUT2D eigenvalue weighted by molar-refractivity contribution is 7.07. The van der Waals surface area contributed by atoms with Gasteiger partial charge in [0.25, 0.3) is 0 Å². The summed E-state index contributed by atoms with van der Waals surface area (Å²) in [7, 11) is 0. The third-order valence-electron chi connectivity index (χ3n) is 2.98. The van der Waals surface area contributed by atoms with E-state index in [2.05, 4.69) is 39.7 Å². The monoisotopic (exact) mass is 243 g/mol. The summed E-state index contributed by atoms with van der Waals surface area (Å²) in [6.45, 7) is 0.953. The molecule has 0 unspecified atom stereocenters. The van der Waals surface area contributed by atoms with Crippen molar-refractivity contribution in [3.8, 4) is 0 Å². The molecule has 3 heteroatoms. The molecule has 0 saturated carbocycles. The van der Waals surface area contributed by atoms with Crippen molar-refractivity contribution in [2.24, 2.45) is 0 Å². The van der Waals surface area contributed by atoms with Crippen LogP contribution in [-0.2, 0) is 13.2 Å². The van der Waals surface area contributed by atoms with Gasteiger partial charge in [-0.3, -0.25) is 0 Å². The first kappa shape index (κ1) is 10.6. The summed E-state index contributed by atoms with van der Waals surface area (Å²) in [5.41, 5.74) is 3.43. The molecule has 1 aromatic carbocycles. The van der Waals surface area contributed by atoms with E-state index in [0.717, 1.165) is 17.6 Å². The van der Waals surface area contributed by atoms with E-state index in [1.165, 1.54) is 10.9 Å². The molecule has 17 heavy (non-hydrogen) atoms. The van der Waals surface area contributed by atoms with Crippen LogP contribution in [0.2, 0.25) is 0 Å². The van der Waals surface area contributed by atoms with Crippen molar-refractivity contribution in [1.29, 1.82) is 0 Å². The number of hydrogen-bond acceptors (Lipinski definition) is 2. The Bertz CT molecular complexity index is 625. The van der Waals surface area contributed by atoms with E-state index in [1.807, 2.05) is 12.1 Å². The molecule has 2 nitrogen and oxygen atoms in total. The van der Waals surface area contributed by atoms with Gasteiger partial charge < -0.3 is 9.67 Å². The van der Waals surface area contributed by atoms with Crippen molar-refractivity contribution in [1.82, 2.24) is 4.57 Å². The molecule has 0 aliphatic rings. The smallest absolute Gasteiger partial charge is 0.0702 e. The topological polar surface area (TPSA) is 25.2 Å². The van der Waals surface area contributed by atoms with Crippen LogP contribution in [0.4, 0.5) is 0 Å². The van der Waals surface area contributed by atoms with Crippen molar-refractivity contribution < 1.29 is 5.11 Å². The van der Waals surface area contributed by atoms with Gasteiger partial charge in [-0.05, 0) is 33.8 Å². The maximum Gasteiger partial charge on any atom is 0.0702 e. The summed E-state index contributed by atoms with van der Waals surface area (Å²) in [5, 5.41) is 14.8. The summed E-state index contributed by atoms with van der Waals surface area (Å²) in [4.78, 5) is 0. The molecule has 0 fully saturated rings. The molecule has 1 N–H and O–H groups in total. The van der Waals surface area contributed by atoms with Gasteiger partial charge in [0, 0.05) is 18.3 Å². The number of benzene rings is 1. The Morgan fingerprint density at radius 2 is 2.12 bits per heavy atom. The fourth-order valence-electron chi connectivity index (χ4n) is 2.18. The molecule has 0 amide bonds. The van der Waals surface area contributed by atoms with Crippen LogP contribution in [0, 0.1) is 0 Å². The van der Waals surface area contributed by atoms with E-state index >= 15 is 0 Å². The van der Waals surface area contributed by atoms with Gasteiger partial charge in [0.15, 0.2) is 0 Å². The maximum atomic E-state index is 9.39. The standard InChI is InChI=1S/C14H13NOS/c16-9-13-3-1-2-12-4-6-15(14(12)13)8-11-5-7-17-10-11/h1-7,10,16H,8-9H2. The quantitative estimate of drug-likeness (QED) is 0.750. The Morgan fingerprint density at radius 1 is 1.18 bits per heavy atom. The van der Waals surface area contributed by atoms with E-state index in [9.17, 15) is 5.11 Å². The molecule has 0 saturated heterocycles. The second-order valence-electron chi connectivity index (χ2n) is 4.09. The minimum absolute atomic E-state index is 0.0883. The van der Waals surface area contributed by atoms with E-state index in [4.69, 9.17) is 0 Å². The minimum Gasteiger partial charge on any atom is -0.392 e. The highest BCUT2D eigenvalue weighted by Crippen LogP contribution is 2.22. The minimum atomic E-state index is 0.0883. The summed E-state index contributed by atoms with van der Waals surface area (Å²) in [5.74, 6) is 0. The number of aliphatic hydroxyl groups excluding tert-OH is 1. The number of thiophene rings is 1. The maximum absolute atomic E-state index is 9.39. The van der Waals surface area contributed by atoms with Crippen LogP contribution in [0.3, 0.4) is 0 Å². The Balaban J connectivity index is 2.10. The molecule has 0 aliphatic carbocycles. The first-order valence-electron chi connectivity index (χ1n) is 5.57. The molecule has 0 bridgehead atoms. The van der Waals surface area contributed by atoms with Gasteiger partial charge in [0.2, 0.25) is 0 Å². The van der Waals surface area contributed by atoms with E-state index < -0.39 is 0 Å². The number of nitrogens with zero attached hydrogens (tertiary/aromatic N) is 1. The molecule has 0 atom stereocenters. The van der Waals surface area contributed by atoms with Crippen molar-refractivity contribution in [2.45, 2.75) is 13.2 Å². The first-order chi connectivity index (χ1) is 8.38. The molecule has 0 aliphatic heterocycles. The Morgan fingerprint density at radius 3 is 2.88 bits per heavy atom. The summed E-state index contributed by atoms with van der Waals surface area (Å²) in [6, 6.07) is 10.3. The lowest BCUT2D eigenvalue weighted by Crippen LogP contribution is -1.99. The van der Waals surface area contributed by atoms with Crippen molar-refractivity contribution >= 4 is 22.2 Å². The molecule has 0 radical (unpaired) electrons. The van der Waals surface area contributed by atoms with Gasteiger partial charge >= 0.3 is 0 Å². The van der Waals surface area contributed by atoms with Gasteiger partial charge in [-0.15, -0.1) is 0 Å². The van der Waals surface area contributed by atoms with Gasteiger partial charge in [0.1, 0.15) is 0 Å². The molecular weight excluding hydrogens is 230 g/mol. The molecule has 3 rings (SSSR count). The largest absolute Gasteiger partial charge is 0.392 e. The van der Waals surface area contributed by atoms with Gasteiger partial charge in [-0.2, -0.15) is 11.3 Å². The zero-order chi connectivity index (χ0) is 11.7. The van der Waals surface area contributed by atoms with Crippen molar-refractivity contribution in [3.05, 3.63) is 58.4 Å². The third-order valence-corrected chi connectivity index (χ3v) is 3.71. The average molecular weight is 243 g/mol. The van der Waals surface area contributed by atoms with Gasteiger partial charge in [0.05, 0.1) is 12.1 Å². The molecule has 2 aromatic heterocycles. The SMILES string of the molecule is OCc1cccc2ccn(Cc3ccsc3)c12. The Hall–Kier alpha value is -1.58. The molecule has 2 heterocycles. The Kier molecular flexibility index (Phi) is 2.71. The predicted molar refractivity (Wildman–Crippen MR) is 71.3 cm³/mol. The predicted octanol–water partition coefficient (Wildman–Crippen LogP) is 3.24. The third kappa shape index (κ3) is 1.88. The number of hydrogen-bond donors (Lipinski definition) is 1. The second kappa shape index (κ2) is 4.35. The van der Waals surface area contributed by atoms with Crippen LogP contribution in [0.5, 0.6) is 0 Å². The van der Waals surface area contributed by atoms with Crippen molar-refractivity contribution in [2.75, 3.05) is 0 Å². The van der Waals surface area contributed by atoms with Crippen LogP contribution in [-0.4, -0.2) is 9.67 Å². The highest BCUT2D eigenvalue weighted by atomic mass is 32.1. The zero-order valence-corrected chi connectivity index (χ0v) is 10.2. The zero-order valence-electron chi connectivity index (χ0n) is 9.34. The lowest BCUT2D eigenvalue weighted by atomic mass is 10.1. The lowest BCUT2D eigenvalue weighted by Gasteiger charge is -2.07. The number of aliphatic hydroxyl groups is 1. The molecular formula is C14H13NOS. The van der Waals surface area contributed by atoms with Gasteiger partial charge in [-0.25, -0.2) is 0 Å². The number of rotatable bonds is 3. The number of para-hydroxylation sites is 1. The van der Waals surface area contributed by atoms with E-state index in [0.29, 0.717) is 0 Å². The summed E-state index contributed by atoms with van der Waals surface area (Å²) < 4.78 is 2.20. The fraction of sp³-hybridized carbons (Fsp3) is 0.143. The van der Waals surface area contributed by atoms with E-state index in [-0.39, 0.29) is 6.61 Å². The van der Waals surface area contributed by atoms with Crippen LogP contribution in [0.1, 0.15) is 11.1 Å². The molecule has 3 aromatic rings. The van der Waals surface area contributed by atoms with Crippen LogP contribution in [0.25, 0.3) is 10.9 Å². The molecule has 0 spiro atoms. The lowest BCUT2D eigenvalue weighted by molar-refractivity contribution is 0.283. The number of fused-ring (bicyclic) bond motifs is 1. The Labute approximate surface area is 104 Å². The van der Waals surface area contributed by atoms with Crippen LogP contribution >= 0.6 is 11.3 Å². The average Bonchev–Trinajstić information content (AvgIpc) is 2.99. The van der Waals surface area contributed by atoms with Crippen LogP contribution < -0.4 is 0 Å². The molecule has 86 valence electrons. The number of aromatic nitrogens is 1. The van der Waals surface area contributed by atoms with Crippen LogP contribution in [0.15, 0.2) is 47.3 Å². The second-order valence-corrected chi connectivity index (χ2v) is 4.87. The highest BCUT2D eigenvalue weighted by Gasteiger charge is 2.06. The summed E-state index contributed by atoms with van der Waals surface area (Å²) >= 11 is 1.71. The first-order valence-corrected chi connectivity index (χ1v) is 6.51. The van der Waals surface area contributed by atoms with Crippen molar-refractivity contribution in [3.63, 3.8) is 0 Å². The fourth-order valence-corrected chi connectivity index (χ4v) is 2.84. The van der Waals surface area contributed by atoms with Gasteiger partial charge in [-0.1, -0.05) is 18.2 Å².